The van der Waals surface area contributed by atoms with Crippen LogP contribution in [0.2, 0.25) is 0 Å². The number of benzene rings is 1. The van der Waals surface area contributed by atoms with Gasteiger partial charge >= 0.3 is 6.18 Å². The Labute approximate surface area is 102 Å². The molecule has 0 saturated heterocycles. The van der Waals surface area contributed by atoms with Crippen LogP contribution in [0.1, 0.15) is 12.5 Å². The van der Waals surface area contributed by atoms with E-state index in [-0.39, 0.29) is 23.1 Å². The first-order chi connectivity index (χ1) is 7.84. The largest absolute Gasteiger partial charge is 0.417 e. The van der Waals surface area contributed by atoms with Gasteiger partial charge in [-0.2, -0.15) is 13.2 Å². The molecule has 0 spiro atoms. The van der Waals surface area contributed by atoms with Crippen LogP contribution in [0.4, 0.5) is 18.9 Å². The van der Waals surface area contributed by atoms with E-state index in [1.807, 2.05) is 0 Å². The SMILES string of the molecule is CC(CO)CSc1ccc(N)cc1C(F)(F)F. The molecule has 3 N–H and O–H groups in total. The molecular formula is C11H14F3NOS. The van der Waals surface area contributed by atoms with E-state index >= 15 is 0 Å². The number of nitrogen functional groups attached to an aromatic ring is 1. The van der Waals surface area contributed by atoms with Gasteiger partial charge in [-0.25, -0.2) is 0 Å². The summed E-state index contributed by atoms with van der Waals surface area (Å²) in [6, 6.07) is 3.75. The summed E-state index contributed by atoms with van der Waals surface area (Å²) in [7, 11) is 0. The molecule has 96 valence electrons. The third-order valence-corrected chi connectivity index (χ3v) is 3.55. The highest BCUT2D eigenvalue weighted by Crippen LogP contribution is 2.38. The summed E-state index contributed by atoms with van der Waals surface area (Å²) in [6.07, 6.45) is -4.40. The maximum absolute atomic E-state index is 12.7. The molecule has 0 aliphatic rings. The van der Waals surface area contributed by atoms with Crippen molar-refractivity contribution < 1.29 is 18.3 Å². The Balaban J connectivity index is 2.91. The van der Waals surface area contributed by atoms with E-state index in [1.54, 1.807) is 6.92 Å². The van der Waals surface area contributed by atoms with Gasteiger partial charge in [0.15, 0.2) is 0 Å². The first-order valence-electron chi connectivity index (χ1n) is 5.05. The Morgan fingerprint density at radius 3 is 2.59 bits per heavy atom. The number of hydrogen-bond acceptors (Lipinski definition) is 3. The second kappa shape index (κ2) is 5.64. The second-order valence-corrected chi connectivity index (χ2v) is 4.91. The molecule has 1 unspecified atom stereocenters. The monoisotopic (exact) mass is 265 g/mol. The Bertz CT molecular complexity index is 381. The molecule has 0 aliphatic carbocycles. The van der Waals surface area contributed by atoms with Crippen LogP contribution in [-0.2, 0) is 6.18 Å². The molecule has 1 rings (SSSR count). The van der Waals surface area contributed by atoms with E-state index < -0.39 is 11.7 Å². The fourth-order valence-electron chi connectivity index (χ4n) is 1.18. The average Bonchev–Trinajstić information content (AvgIpc) is 2.25. The molecule has 1 aromatic carbocycles. The second-order valence-electron chi connectivity index (χ2n) is 3.85. The van der Waals surface area contributed by atoms with E-state index in [9.17, 15) is 13.2 Å². The maximum Gasteiger partial charge on any atom is 0.417 e. The van der Waals surface area contributed by atoms with Crippen LogP contribution in [-0.4, -0.2) is 17.5 Å². The van der Waals surface area contributed by atoms with Crippen molar-refractivity contribution in [3.05, 3.63) is 23.8 Å². The summed E-state index contributed by atoms with van der Waals surface area (Å²) in [5, 5.41) is 8.83. The van der Waals surface area contributed by atoms with Crippen molar-refractivity contribution in [2.24, 2.45) is 5.92 Å². The van der Waals surface area contributed by atoms with Crippen LogP contribution in [0.25, 0.3) is 0 Å². The number of nitrogens with two attached hydrogens (primary N) is 1. The van der Waals surface area contributed by atoms with Gasteiger partial charge in [-0.05, 0) is 24.1 Å². The lowest BCUT2D eigenvalue weighted by molar-refractivity contribution is -0.139. The molecule has 1 aromatic rings. The predicted octanol–water partition coefficient (Wildman–Crippen LogP) is 3.01. The predicted molar refractivity (Wildman–Crippen MR) is 62.8 cm³/mol. The quantitative estimate of drug-likeness (QED) is 0.650. The average molecular weight is 265 g/mol. The first-order valence-corrected chi connectivity index (χ1v) is 6.03. The molecule has 0 amide bonds. The minimum atomic E-state index is -4.40. The summed E-state index contributed by atoms with van der Waals surface area (Å²) < 4.78 is 38.1. The van der Waals surface area contributed by atoms with E-state index in [1.165, 1.54) is 12.1 Å². The Morgan fingerprint density at radius 2 is 2.06 bits per heavy atom. The molecule has 0 fully saturated rings. The van der Waals surface area contributed by atoms with Crippen molar-refractivity contribution in [2.75, 3.05) is 18.1 Å². The molecule has 1 atom stereocenters. The summed E-state index contributed by atoms with van der Waals surface area (Å²) in [5.41, 5.74) is 4.74. The first kappa shape index (κ1) is 14.2. The molecule has 17 heavy (non-hydrogen) atoms. The summed E-state index contributed by atoms with van der Waals surface area (Å²) in [6.45, 7) is 1.74. The van der Waals surface area contributed by atoms with E-state index in [0.717, 1.165) is 17.8 Å². The number of alkyl halides is 3. The lowest BCUT2D eigenvalue weighted by atomic mass is 10.2. The highest BCUT2D eigenvalue weighted by atomic mass is 32.2. The highest BCUT2D eigenvalue weighted by Gasteiger charge is 2.33. The number of aliphatic hydroxyl groups is 1. The topological polar surface area (TPSA) is 46.2 Å². The molecule has 6 heteroatoms. The summed E-state index contributed by atoms with van der Waals surface area (Å²) in [5.74, 6) is 0.391. The molecule has 0 bridgehead atoms. The van der Waals surface area contributed by atoms with Crippen LogP contribution >= 0.6 is 11.8 Å². The lowest BCUT2D eigenvalue weighted by Crippen LogP contribution is -2.09. The zero-order chi connectivity index (χ0) is 13.1. The third kappa shape index (κ3) is 4.12. The number of rotatable bonds is 4. The molecule has 2 nitrogen and oxygen atoms in total. The minimum Gasteiger partial charge on any atom is -0.399 e. The van der Waals surface area contributed by atoms with E-state index in [2.05, 4.69) is 0 Å². The number of thioether (sulfide) groups is 1. The van der Waals surface area contributed by atoms with Gasteiger partial charge in [-0.3, -0.25) is 0 Å². The van der Waals surface area contributed by atoms with Gasteiger partial charge in [0.25, 0.3) is 0 Å². The Kier molecular flexibility index (Phi) is 4.70. The number of hydrogen-bond donors (Lipinski definition) is 2. The summed E-state index contributed by atoms with van der Waals surface area (Å²) in [4.78, 5) is 0.145. The van der Waals surface area contributed by atoms with Crippen LogP contribution in [0.15, 0.2) is 23.1 Å². The summed E-state index contributed by atoms with van der Waals surface area (Å²) >= 11 is 1.08. The molecule has 0 heterocycles. The molecular weight excluding hydrogens is 251 g/mol. The maximum atomic E-state index is 12.7. The number of halogens is 3. The van der Waals surface area contributed by atoms with Gasteiger partial charge < -0.3 is 10.8 Å². The van der Waals surface area contributed by atoms with Gasteiger partial charge in [-0.1, -0.05) is 6.92 Å². The number of anilines is 1. The fraction of sp³-hybridized carbons (Fsp3) is 0.455. The van der Waals surface area contributed by atoms with Crippen LogP contribution < -0.4 is 5.73 Å². The van der Waals surface area contributed by atoms with Crippen molar-refractivity contribution in [3.8, 4) is 0 Å². The van der Waals surface area contributed by atoms with Crippen molar-refractivity contribution in [1.29, 1.82) is 0 Å². The van der Waals surface area contributed by atoms with Crippen LogP contribution in [0, 0.1) is 5.92 Å². The van der Waals surface area contributed by atoms with E-state index in [0.29, 0.717) is 5.75 Å². The van der Waals surface area contributed by atoms with Gasteiger partial charge in [-0.15, -0.1) is 11.8 Å². The van der Waals surface area contributed by atoms with Gasteiger partial charge in [0.05, 0.1) is 5.56 Å². The van der Waals surface area contributed by atoms with E-state index in [4.69, 9.17) is 10.8 Å². The molecule has 0 radical (unpaired) electrons. The van der Waals surface area contributed by atoms with Crippen LogP contribution in [0.5, 0.6) is 0 Å². The normalized spacial score (nSPS) is 13.7. The molecule has 0 aromatic heterocycles. The van der Waals surface area contributed by atoms with Gasteiger partial charge in [0.2, 0.25) is 0 Å². The minimum absolute atomic E-state index is 0.0384. The smallest absolute Gasteiger partial charge is 0.399 e. The van der Waals surface area contributed by atoms with Gasteiger partial charge in [0, 0.05) is 22.9 Å². The van der Waals surface area contributed by atoms with Crippen molar-refractivity contribution in [1.82, 2.24) is 0 Å². The third-order valence-electron chi connectivity index (χ3n) is 2.14. The van der Waals surface area contributed by atoms with Crippen molar-refractivity contribution in [3.63, 3.8) is 0 Å². The molecule has 0 saturated carbocycles. The van der Waals surface area contributed by atoms with Crippen molar-refractivity contribution >= 4 is 17.4 Å². The number of aliphatic hydroxyl groups excluding tert-OH is 1. The van der Waals surface area contributed by atoms with Crippen molar-refractivity contribution in [2.45, 2.75) is 18.0 Å². The van der Waals surface area contributed by atoms with Gasteiger partial charge in [0.1, 0.15) is 0 Å². The highest BCUT2D eigenvalue weighted by molar-refractivity contribution is 7.99. The molecule has 0 aliphatic heterocycles. The lowest BCUT2D eigenvalue weighted by Gasteiger charge is -2.14. The Morgan fingerprint density at radius 1 is 1.41 bits per heavy atom. The standard InChI is InChI=1S/C11H14F3NOS/c1-7(5-16)6-17-10-3-2-8(15)4-9(10)11(12,13)14/h2-4,7,16H,5-6,15H2,1H3. The zero-order valence-electron chi connectivity index (χ0n) is 9.29. The Hall–Kier alpha value is -0.880. The zero-order valence-corrected chi connectivity index (χ0v) is 10.1. The van der Waals surface area contributed by atoms with Crippen LogP contribution in [0.3, 0.4) is 0 Å². The fourth-order valence-corrected chi connectivity index (χ4v) is 2.24.